The zero-order valence-corrected chi connectivity index (χ0v) is 10.8. The molecule has 3 nitrogen and oxygen atoms in total. The van der Waals surface area contributed by atoms with Crippen molar-refractivity contribution in [1.82, 2.24) is 0 Å². The Bertz CT molecular complexity index is 320. The fourth-order valence-corrected chi connectivity index (χ4v) is 2.22. The molecule has 1 saturated heterocycles. The van der Waals surface area contributed by atoms with E-state index in [0.29, 0.717) is 19.1 Å². The SMILES string of the molecule is OC(CCOc1ccccc1)CCC1CCCO1. The first-order valence-electron chi connectivity index (χ1n) is 6.82. The molecule has 0 saturated carbocycles. The molecule has 0 amide bonds. The second kappa shape index (κ2) is 7.39. The molecule has 1 aromatic rings. The fraction of sp³-hybridized carbons (Fsp3) is 0.600. The van der Waals surface area contributed by atoms with Gasteiger partial charge >= 0.3 is 0 Å². The summed E-state index contributed by atoms with van der Waals surface area (Å²) in [5.41, 5.74) is 0. The Morgan fingerprint density at radius 2 is 2.11 bits per heavy atom. The van der Waals surface area contributed by atoms with Gasteiger partial charge in [0.2, 0.25) is 0 Å². The third-order valence-corrected chi connectivity index (χ3v) is 3.31. The first-order chi connectivity index (χ1) is 8.84. The van der Waals surface area contributed by atoms with Crippen LogP contribution in [0.15, 0.2) is 30.3 Å². The van der Waals surface area contributed by atoms with E-state index in [9.17, 15) is 5.11 Å². The summed E-state index contributed by atoms with van der Waals surface area (Å²) in [6, 6.07) is 9.72. The highest BCUT2D eigenvalue weighted by atomic mass is 16.5. The number of hydrogen-bond donors (Lipinski definition) is 1. The Labute approximate surface area is 109 Å². The summed E-state index contributed by atoms with van der Waals surface area (Å²) in [4.78, 5) is 0. The molecule has 18 heavy (non-hydrogen) atoms. The van der Waals surface area contributed by atoms with E-state index in [4.69, 9.17) is 9.47 Å². The van der Waals surface area contributed by atoms with Crippen molar-refractivity contribution in [3.8, 4) is 5.75 Å². The first kappa shape index (κ1) is 13.4. The normalized spacial score (nSPS) is 20.8. The second-order valence-corrected chi connectivity index (χ2v) is 4.82. The number of hydrogen-bond acceptors (Lipinski definition) is 3. The van der Waals surface area contributed by atoms with Gasteiger partial charge in [0, 0.05) is 13.0 Å². The van der Waals surface area contributed by atoms with Gasteiger partial charge in [-0.3, -0.25) is 0 Å². The van der Waals surface area contributed by atoms with Crippen molar-refractivity contribution in [3.63, 3.8) is 0 Å². The molecule has 1 N–H and O–H groups in total. The van der Waals surface area contributed by atoms with E-state index >= 15 is 0 Å². The molecule has 2 rings (SSSR count). The largest absolute Gasteiger partial charge is 0.493 e. The summed E-state index contributed by atoms with van der Waals surface area (Å²) in [5.74, 6) is 0.865. The van der Waals surface area contributed by atoms with E-state index in [1.165, 1.54) is 0 Å². The summed E-state index contributed by atoms with van der Waals surface area (Å²) < 4.78 is 11.1. The lowest BCUT2D eigenvalue weighted by atomic mass is 10.1. The van der Waals surface area contributed by atoms with Gasteiger partial charge in [0.05, 0.1) is 18.8 Å². The number of aliphatic hydroxyl groups excluding tert-OH is 1. The Kier molecular flexibility index (Phi) is 5.49. The van der Waals surface area contributed by atoms with Crippen molar-refractivity contribution in [2.75, 3.05) is 13.2 Å². The quantitative estimate of drug-likeness (QED) is 0.808. The van der Waals surface area contributed by atoms with E-state index in [2.05, 4.69) is 0 Å². The molecule has 1 aliphatic rings. The molecule has 0 aromatic heterocycles. The number of para-hydroxylation sites is 1. The Hall–Kier alpha value is -1.06. The molecule has 0 radical (unpaired) electrons. The van der Waals surface area contributed by atoms with Crippen LogP contribution < -0.4 is 4.74 Å². The highest BCUT2D eigenvalue weighted by Crippen LogP contribution is 2.18. The van der Waals surface area contributed by atoms with Crippen molar-refractivity contribution >= 4 is 0 Å². The van der Waals surface area contributed by atoms with Crippen molar-refractivity contribution in [1.29, 1.82) is 0 Å². The van der Waals surface area contributed by atoms with Gasteiger partial charge in [0.25, 0.3) is 0 Å². The van der Waals surface area contributed by atoms with Gasteiger partial charge in [-0.05, 0) is 37.8 Å². The maximum Gasteiger partial charge on any atom is 0.119 e. The molecule has 0 bridgehead atoms. The predicted octanol–water partition coefficient (Wildman–Crippen LogP) is 2.78. The summed E-state index contributed by atoms with van der Waals surface area (Å²) in [7, 11) is 0. The van der Waals surface area contributed by atoms with Crippen LogP contribution in [0.1, 0.15) is 32.1 Å². The van der Waals surface area contributed by atoms with Crippen LogP contribution in [0.2, 0.25) is 0 Å². The summed E-state index contributed by atoms with van der Waals surface area (Å²) in [6.07, 6.45) is 4.86. The topological polar surface area (TPSA) is 38.7 Å². The average Bonchev–Trinajstić information content (AvgIpc) is 2.91. The van der Waals surface area contributed by atoms with Crippen molar-refractivity contribution in [2.45, 2.75) is 44.3 Å². The van der Waals surface area contributed by atoms with Crippen LogP contribution in [0.5, 0.6) is 5.75 Å². The minimum atomic E-state index is -0.280. The zero-order chi connectivity index (χ0) is 12.6. The highest BCUT2D eigenvalue weighted by Gasteiger charge is 2.16. The van der Waals surface area contributed by atoms with Gasteiger partial charge in [-0.2, -0.15) is 0 Å². The van der Waals surface area contributed by atoms with Gasteiger partial charge in [0.1, 0.15) is 5.75 Å². The molecule has 1 aliphatic heterocycles. The van der Waals surface area contributed by atoms with Crippen LogP contribution >= 0.6 is 0 Å². The number of ether oxygens (including phenoxy) is 2. The fourth-order valence-electron chi connectivity index (χ4n) is 2.22. The van der Waals surface area contributed by atoms with Crippen LogP contribution in [-0.2, 0) is 4.74 Å². The van der Waals surface area contributed by atoms with E-state index in [-0.39, 0.29) is 6.10 Å². The number of benzene rings is 1. The molecule has 100 valence electrons. The van der Waals surface area contributed by atoms with Gasteiger partial charge in [0.15, 0.2) is 0 Å². The lowest BCUT2D eigenvalue weighted by Gasteiger charge is -2.14. The molecule has 1 heterocycles. The number of rotatable bonds is 7. The predicted molar refractivity (Wildman–Crippen MR) is 70.8 cm³/mol. The lowest BCUT2D eigenvalue weighted by molar-refractivity contribution is 0.0740. The van der Waals surface area contributed by atoms with Crippen molar-refractivity contribution < 1.29 is 14.6 Å². The molecule has 2 unspecified atom stereocenters. The van der Waals surface area contributed by atoms with E-state index in [1.807, 2.05) is 30.3 Å². The Morgan fingerprint density at radius 1 is 1.28 bits per heavy atom. The smallest absolute Gasteiger partial charge is 0.119 e. The number of aliphatic hydroxyl groups is 1. The molecular weight excluding hydrogens is 228 g/mol. The standard InChI is InChI=1S/C15H22O3/c16-13(8-9-15-7-4-11-17-15)10-12-18-14-5-2-1-3-6-14/h1-3,5-6,13,15-16H,4,7-12H2. The van der Waals surface area contributed by atoms with Gasteiger partial charge in [-0.25, -0.2) is 0 Å². The average molecular weight is 250 g/mol. The maximum atomic E-state index is 9.85. The van der Waals surface area contributed by atoms with Crippen molar-refractivity contribution in [2.24, 2.45) is 0 Å². The third-order valence-electron chi connectivity index (χ3n) is 3.31. The molecule has 2 atom stereocenters. The molecule has 3 heteroatoms. The van der Waals surface area contributed by atoms with Crippen molar-refractivity contribution in [3.05, 3.63) is 30.3 Å². The summed E-state index contributed by atoms with van der Waals surface area (Å²) in [6.45, 7) is 1.45. The van der Waals surface area contributed by atoms with Gasteiger partial charge < -0.3 is 14.6 Å². The zero-order valence-electron chi connectivity index (χ0n) is 10.8. The monoisotopic (exact) mass is 250 g/mol. The highest BCUT2D eigenvalue weighted by molar-refractivity contribution is 5.20. The molecule has 0 aliphatic carbocycles. The Balaban J connectivity index is 1.55. The summed E-state index contributed by atoms with van der Waals surface area (Å²) in [5, 5.41) is 9.85. The first-order valence-corrected chi connectivity index (χ1v) is 6.82. The van der Waals surface area contributed by atoms with E-state index in [0.717, 1.165) is 38.0 Å². The second-order valence-electron chi connectivity index (χ2n) is 4.82. The third kappa shape index (κ3) is 4.67. The molecule has 1 aromatic carbocycles. The maximum absolute atomic E-state index is 9.85. The summed E-state index contributed by atoms with van der Waals surface area (Å²) >= 11 is 0. The molecule has 1 fully saturated rings. The van der Waals surface area contributed by atoms with Crippen LogP contribution in [0, 0.1) is 0 Å². The van der Waals surface area contributed by atoms with Crippen LogP contribution in [-0.4, -0.2) is 30.5 Å². The minimum absolute atomic E-state index is 0.280. The van der Waals surface area contributed by atoms with Crippen LogP contribution in [0.3, 0.4) is 0 Å². The minimum Gasteiger partial charge on any atom is -0.493 e. The Morgan fingerprint density at radius 3 is 2.83 bits per heavy atom. The van der Waals surface area contributed by atoms with Crippen LogP contribution in [0.4, 0.5) is 0 Å². The van der Waals surface area contributed by atoms with Gasteiger partial charge in [-0.1, -0.05) is 18.2 Å². The van der Waals surface area contributed by atoms with Gasteiger partial charge in [-0.15, -0.1) is 0 Å². The molecular formula is C15H22O3. The molecule has 0 spiro atoms. The van der Waals surface area contributed by atoms with E-state index in [1.54, 1.807) is 0 Å². The van der Waals surface area contributed by atoms with Crippen LogP contribution in [0.25, 0.3) is 0 Å². The van der Waals surface area contributed by atoms with E-state index < -0.39 is 0 Å². The lowest BCUT2D eigenvalue weighted by Crippen LogP contribution is -2.15.